The largest absolute Gasteiger partial charge is 0.322 e. The van der Waals surface area contributed by atoms with Crippen LogP contribution in [0.2, 0.25) is 10.0 Å². The molecule has 10 heteroatoms. The summed E-state index contributed by atoms with van der Waals surface area (Å²) in [6.45, 7) is 1.53. The number of benzene rings is 2. The number of urea groups is 1. The summed E-state index contributed by atoms with van der Waals surface area (Å²) in [5, 5.41) is 5.03. The molecule has 1 aliphatic heterocycles. The van der Waals surface area contributed by atoms with Crippen LogP contribution < -0.4 is 15.4 Å². The van der Waals surface area contributed by atoms with E-state index in [1.165, 1.54) is 37.3 Å². The Morgan fingerprint density at radius 2 is 1.77 bits per heavy atom. The van der Waals surface area contributed by atoms with Gasteiger partial charge in [-0.05, 0) is 42.8 Å². The third-order valence-corrected chi connectivity index (χ3v) is 6.06. The van der Waals surface area contributed by atoms with Crippen molar-refractivity contribution in [3.05, 3.63) is 58.1 Å². The molecule has 0 spiro atoms. The van der Waals surface area contributed by atoms with Gasteiger partial charge in [0, 0.05) is 5.69 Å². The molecule has 3 rings (SSSR count). The first kappa shape index (κ1) is 18.5. The number of anilines is 1. The van der Waals surface area contributed by atoms with Crippen molar-refractivity contribution in [3.8, 4) is 0 Å². The van der Waals surface area contributed by atoms with Gasteiger partial charge in [0.05, 0.1) is 14.9 Å². The molecule has 1 aliphatic rings. The second kappa shape index (κ2) is 6.46. The van der Waals surface area contributed by atoms with Gasteiger partial charge >= 0.3 is 6.03 Å². The Morgan fingerprint density at radius 3 is 2.38 bits per heavy atom. The molecule has 7 nitrogen and oxygen atoms in total. The van der Waals surface area contributed by atoms with Crippen LogP contribution in [0, 0.1) is 0 Å². The summed E-state index contributed by atoms with van der Waals surface area (Å²) >= 11 is 11.7. The van der Waals surface area contributed by atoms with Crippen molar-refractivity contribution >= 4 is 50.9 Å². The van der Waals surface area contributed by atoms with Crippen molar-refractivity contribution in [1.29, 1.82) is 0 Å². The SMILES string of the molecule is CC1(c2cccc(NS(=O)(=O)c3ccc(Cl)c(Cl)c3)c2)NC(=O)NC1=O. The lowest BCUT2D eigenvalue weighted by atomic mass is 9.92. The Balaban J connectivity index is 1.92. The monoisotopic (exact) mass is 413 g/mol. The van der Waals surface area contributed by atoms with Crippen molar-refractivity contribution < 1.29 is 18.0 Å². The third-order valence-electron chi connectivity index (χ3n) is 3.94. The topological polar surface area (TPSA) is 104 Å². The standard InChI is InChI=1S/C16H13Cl2N3O4S/c1-16(14(22)19-15(23)20-16)9-3-2-4-10(7-9)21-26(24,25)11-5-6-12(17)13(18)8-11/h2-8,21H,1H3,(H2,19,20,22,23). The van der Waals surface area contributed by atoms with E-state index >= 15 is 0 Å². The van der Waals surface area contributed by atoms with E-state index in [2.05, 4.69) is 15.4 Å². The zero-order valence-corrected chi connectivity index (χ0v) is 15.7. The highest BCUT2D eigenvalue weighted by molar-refractivity contribution is 7.92. The van der Waals surface area contributed by atoms with Gasteiger partial charge in [0.1, 0.15) is 5.54 Å². The molecule has 26 heavy (non-hydrogen) atoms. The van der Waals surface area contributed by atoms with Crippen molar-refractivity contribution in [1.82, 2.24) is 10.6 Å². The fourth-order valence-electron chi connectivity index (χ4n) is 2.50. The molecule has 0 aromatic heterocycles. The number of hydrogen-bond donors (Lipinski definition) is 3. The van der Waals surface area contributed by atoms with Gasteiger partial charge in [-0.25, -0.2) is 13.2 Å². The Bertz CT molecular complexity index is 1030. The molecule has 2 aromatic carbocycles. The van der Waals surface area contributed by atoms with Gasteiger partial charge in [-0.1, -0.05) is 35.3 Å². The minimum absolute atomic E-state index is 0.0598. The summed E-state index contributed by atoms with van der Waals surface area (Å²) in [5.74, 6) is -0.521. The van der Waals surface area contributed by atoms with Gasteiger partial charge in [-0.3, -0.25) is 14.8 Å². The maximum Gasteiger partial charge on any atom is 0.322 e. The molecule has 1 unspecified atom stereocenters. The summed E-state index contributed by atoms with van der Waals surface area (Å²) in [5.41, 5.74) is -0.638. The average Bonchev–Trinajstić information content (AvgIpc) is 2.83. The van der Waals surface area contributed by atoms with E-state index in [9.17, 15) is 18.0 Å². The molecule has 1 heterocycles. The van der Waals surface area contributed by atoms with Gasteiger partial charge in [-0.15, -0.1) is 0 Å². The molecule has 0 radical (unpaired) electrons. The van der Waals surface area contributed by atoms with Gasteiger partial charge in [0.2, 0.25) is 0 Å². The highest BCUT2D eigenvalue weighted by Crippen LogP contribution is 2.29. The zero-order valence-electron chi connectivity index (χ0n) is 13.3. The molecule has 3 N–H and O–H groups in total. The second-order valence-electron chi connectivity index (χ2n) is 5.80. The molecule has 1 fully saturated rings. The van der Waals surface area contributed by atoms with Crippen LogP contribution in [0.1, 0.15) is 12.5 Å². The first-order valence-electron chi connectivity index (χ1n) is 7.34. The zero-order chi connectivity index (χ0) is 19.1. The quantitative estimate of drug-likeness (QED) is 0.670. The number of sulfonamides is 1. The molecular formula is C16H13Cl2N3O4S. The van der Waals surface area contributed by atoms with E-state index in [-0.39, 0.29) is 20.6 Å². The number of carbonyl (C=O) groups excluding carboxylic acids is 2. The molecule has 3 amide bonds. The lowest BCUT2D eigenvalue weighted by molar-refractivity contribution is -0.123. The number of rotatable bonds is 4. The molecule has 2 aromatic rings. The normalized spacial score (nSPS) is 19.8. The van der Waals surface area contributed by atoms with E-state index in [1.54, 1.807) is 12.1 Å². The summed E-state index contributed by atoms with van der Waals surface area (Å²) < 4.78 is 27.5. The van der Waals surface area contributed by atoms with Crippen molar-refractivity contribution in [2.45, 2.75) is 17.4 Å². The summed E-state index contributed by atoms with van der Waals surface area (Å²) in [6, 6.07) is 9.52. The molecule has 0 saturated carbocycles. The highest BCUT2D eigenvalue weighted by atomic mass is 35.5. The van der Waals surface area contributed by atoms with Crippen LogP contribution in [0.5, 0.6) is 0 Å². The van der Waals surface area contributed by atoms with E-state index in [1.807, 2.05) is 0 Å². The number of hydrogen-bond acceptors (Lipinski definition) is 4. The summed E-state index contributed by atoms with van der Waals surface area (Å²) in [4.78, 5) is 23.4. The third kappa shape index (κ3) is 3.35. The average molecular weight is 414 g/mol. The van der Waals surface area contributed by atoms with Crippen molar-refractivity contribution in [2.75, 3.05) is 4.72 Å². The predicted octanol–water partition coefficient (Wildman–Crippen LogP) is 2.85. The smallest absolute Gasteiger partial charge is 0.320 e. The summed E-state index contributed by atoms with van der Waals surface area (Å²) in [6.07, 6.45) is 0. The molecule has 136 valence electrons. The molecule has 1 atom stereocenters. The van der Waals surface area contributed by atoms with E-state index < -0.39 is 27.5 Å². The van der Waals surface area contributed by atoms with E-state index in [4.69, 9.17) is 23.2 Å². The maximum atomic E-state index is 12.5. The number of carbonyl (C=O) groups is 2. The van der Waals surface area contributed by atoms with Crippen LogP contribution in [-0.4, -0.2) is 20.4 Å². The van der Waals surface area contributed by atoms with Crippen LogP contribution in [0.3, 0.4) is 0 Å². The number of amides is 3. The maximum absolute atomic E-state index is 12.5. The lowest BCUT2D eigenvalue weighted by Crippen LogP contribution is -2.40. The Hall–Kier alpha value is -2.29. The molecule has 1 saturated heterocycles. The predicted molar refractivity (Wildman–Crippen MR) is 97.7 cm³/mol. The first-order valence-corrected chi connectivity index (χ1v) is 9.58. The highest BCUT2D eigenvalue weighted by Gasteiger charge is 2.43. The van der Waals surface area contributed by atoms with Gasteiger partial charge < -0.3 is 5.32 Å². The number of halogens is 2. The van der Waals surface area contributed by atoms with Gasteiger partial charge in [0.25, 0.3) is 15.9 Å². The number of imide groups is 1. The number of nitrogens with one attached hydrogen (secondary N) is 3. The molecular weight excluding hydrogens is 401 g/mol. The van der Waals surface area contributed by atoms with Crippen LogP contribution in [0.25, 0.3) is 0 Å². The molecule has 0 aliphatic carbocycles. The first-order chi connectivity index (χ1) is 12.1. The van der Waals surface area contributed by atoms with Crippen molar-refractivity contribution in [3.63, 3.8) is 0 Å². The van der Waals surface area contributed by atoms with E-state index in [0.29, 0.717) is 5.56 Å². The Morgan fingerprint density at radius 1 is 1.04 bits per heavy atom. The van der Waals surface area contributed by atoms with Crippen LogP contribution >= 0.6 is 23.2 Å². The minimum Gasteiger partial charge on any atom is -0.320 e. The summed E-state index contributed by atoms with van der Waals surface area (Å²) in [7, 11) is -3.92. The Kier molecular flexibility index (Phi) is 4.60. The van der Waals surface area contributed by atoms with Crippen LogP contribution in [0.15, 0.2) is 47.4 Å². The Labute approximate surface area is 159 Å². The van der Waals surface area contributed by atoms with Gasteiger partial charge in [0.15, 0.2) is 0 Å². The fraction of sp³-hybridized carbons (Fsp3) is 0.125. The lowest BCUT2D eigenvalue weighted by Gasteiger charge is -2.21. The van der Waals surface area contributed by atoms with Crippen LogP contribution in [-0.2, 0) is 20.4 Å². The van der Waals surface area contributed by atoms with Gasteiger partial charge in [-0.2, -0.15) is 0 Å². The van der Waals surface area contributed by atoms with E-state index in [0.717, 1.165) is 0 Å². The molecule has 0 bridgehead atoms. The second-order valence-corrected chi connectivity index (χ2v) is 8.29. The fourth-order valence-corrected chi connectivity index (χ4v) is 3.94. The minimum atomic E-state index is -3.92. The van der Waals surface area contributed by atoms with Crippen molar-refractivity contribution in [2.24, 2.45) is 0 Å². The van der Waals surface area contributed by atoms with Crippen LogP contribution in [0.4, 0.5) is 10.5 Å².